The third-order valence-electron chi connectivity index (χ3n) is 5.76. The molecule has 7 nitrogen and oxygen atoms in total. The topological polar surface area (TPSA) is 116 Å². The van der Waals surface area contributed by atoms with Crippen LogP contribution in [0, 0.1) is 5.82 Å². The lowest BCUT2D eigenvalue weighted by Crippen LogP contribution is -2.44. The number of piperidine rings is 1. The van der Waals surface area contributed by atoms with Gasteiger partial charge < -0.3 is 20.5 Å². The minimum Gasteiger partial charge on any atom is -0.493 e. The van der Waals surface area contributed by atoms with E-state index in [-0.39, 0.29) is 36.7 Å². The number of likely N-dealkylation sites (tertiary alicyclic amines) is 1. The Labute approximate surface area is 203 Å². The molecular weight excluding hydrogens is 489 g/mol. The Morgan fingerprint density at radius 2 is 1.94 bits per heavy atom. The van der Waals surface area contributed by atoms with Gasteiger partial charge in [-0.3, -0.25) is 4.90 Å². The molecule has 0 saturated carbocycles. The minimum absolute atomic E-state index is 0. The number of nitrogens with two attached hydrogens (primary N) is 1. The summed E-state index contributed by atoms with van der Waals surface area (Å²) in [7, 11) is 0. The van der Waals surface area contributed by atoms with Crippen LogP contribution in [0.25, 0.3) is 0 Å². The van der Waals surface area contributed by atoms with Gasteiger partial charge in [-0.05, 0) is 29.8 Å². The predicted molar refractivity (Wildman–Crippen MR) is 126 cm³/mol. The summed E-state index contributed by atoms with van der Waals surface area (Å²) in [6.45, 7) is 0.746. The number of anilines is 1. The quantitative estimate of drug-likeness (QED) is 0.474. The van der Waals surface area contributed by atoms with Gasteiger partial charge >= 0.3 is 0 Å². The molecule has 0 bridgehead atoms. The van der Waals surface area contributed by atoms with Gasteiger partial charge in [0.05, 0.1) is 6.61 Å². The van der Waals surface area contributed by atoms with Crippen LogP contribution < -0.4 is 10.5 Å². The molecule has 1 fully saturated rings. The van der Waals surface area contributed by atoms with Crippen LogP contribution in [0.5, 0.6) is 5.75 Å². The van der Waals surface area contributed by atoms with Crippen molar-refractivity contribution in [2.75, 3.05) is 18.9 Å². The third kappa shape index (κ3) is 6.19. The molecule has 12 heteroatoms. The highest BCUT2D eigenvalue weighted by Crippen LogP contribution is 2.47. The summed E-state index contributed by atoms with van der Waals surface area (Å²) in [4.78, 5) is 6.37. The Hall–Kier alpha value is -2.38. The van der Waals surface area contributed by atoms with Gasteiger partial charge in [-0.25, -0.2) is 18.2 Å². The highest BCUT2D eigenvalue weighted by molar-refractivity contribution is 7.93. The monoisotopic (exact) mass is 514 g/mol. The molecule has 1 saturated heterocycles. The number of halogens is 3. The SMILES string of the molecule is Nc1ncns1.O.OSc1ccc2c(c1)OCC[C@H]2N1CCC(F)(F)C[C@@H]1c1ccc(F)cc1. The highest BCUT2D eigenvalue weighted by atomic mass is 32.2. The molecule has 0 amide bonds. The molecule has 5 N–H and O–H groups in total. The maximum Gasteiger partial charge on any atom is 0.251 e. The zero-order chi connectivity index (χ0) is 23.4. The lowest BCUT2D eigenvalue weighted by atomic mass is 9.88. The molecule has 3 heterocycles. The van der Waals surface area contributed by atoms with Crippen molar-refractivity contribution in [3.63, 3.8) is 0 Å². The summed E-state index contributed by atoms with van der Waals surface area (Å²) < 4.78 is 60.3. The van der Waals surface area contributed by atoms with Crippen LogP contribution in [-0.4, -0.2) is 43.4 Å². The highest BCUT2D eigenvalue weighted by Gasteiger charge is 2.44. The molecule has 5 rings (SSSR count). The van der Waals surface area contributed by atoms with Crippen LogP contribution in [0.1, 0.15) is 42.5 Å². The van der Waals surface area contributed by atoms with Crippen LogP contribution >= 0.6 is 23.6 Å². The number of fused-ring (bicyclic) bond motifs is 1. The second-order valence-corrected chi connectivity index (χ2v) is 9.30. The summed E-state index contributed by atoms with van der Waals surface area (Å²) in [6, 6.07) is 10.8. The van der Waals surface area contributed by atoms with Crippen molar-refractivity contribution < 1.29 is 27.9 Å². The molecule has 0 aliphatic carbocycles. The first-order valence-electron chi connectivity index (χ1n) is 10.4. The average molecular weight is 515 g/mol. The number of benzene rings is 2. The zero-order valence-electron chi connectivity index (χ0n) is 18.0. The number of hydrogen-bond acceptors (Lipinski definition) is 8. The molecule has 2 aliphatic rings. The maximum atomic E-state index is 14.2. The average Bonchev–Trinajstić information content (AvgIpc) is 3.29. The van der Waals surface area contributed by atoms with Crippen molar-refractivity contribution in [2.24, 2.45) is 0 Å². The van der Waals surface area contributed by atoms with Crippen molar-refractivity contribution >= 4 is 28.7 Å². The Kier molecular flexibility index (Phi) is 8.77. The van der Waals surface area contributed by atoms with Crippen molar-refractivity contribution in [1.29, 1.82) is 0 Å². The molecule has 3 aromatic rings. The number of hydrogen-bond donors (Lipinski definition) is 2. The third-order valence-corrected chi connectivity index (χ3v) is 6.72. The van der Waals surface area contributed by atoms with E-state index in [1.165, 1.54) is 30.0 Å². The second-order valence-electron chi connectivity index (χ2n) is 7.84. The van der Waals surface area contributed by atoms with E-state index in [9.17, 15) is 17.7 Å². The fourth-order valence-corrected chi connectivity index (χ4v) is 4.84. The van der Waals surface area contributed by atoms with Crippen molar-refractivity contribution in [2.45, 2.75) is 42.2 Å². The molecule has 2 aromatic carbocycles. The normalized spacial score (nSPS) is 21.3. The lowest BCUT2D eigenvalue weighted by Gasteiger charge is -2.45. The van der Waals surface area contributed by atoms with E-state index in [0.717, 1.165) is 5.56 Å². The van der Waals surface area contributed by atoms with Gasteiger partial charge in [-0.15, -0.1) is 0 Å². The summed E-state index contributed by atoms with van der Waals surface area (Å²) >= 11 is 1.84. The summed E-state index contributed by atoms with van der Waals surface area (Å²) in [6.07, 6.45) is 1.65. The fourth-order valence-electron chi connectivity index (χ4n) is 4.25. The lowest BCUT2D eigenvalue weighted by molar-refractivity contribution is -0.0931. The van der Waals surface area contributed by atoms with Crippen LogP contribution in [0.2, 0.25) is 0 Å². The van der Waals surface area contributed by atoms with E-state index in [1.807, 2.05) is 6.07 Å². The Morgan fingerprint density at radius 1 is 1.18 bits per heavy atom. The van der Waals surface area contributed by atoms with Gasteiger partial charge in [0.25, 0.3) is 5.92 Å². The van der Waals surface area contributed by atoms with E-state index in [0.29, 0.717) is 46.4 Å². The van der Waals surface area contributed by atoms with E-state index in [4.69, 9.17) is 10.5 Å². The summed E-state index contributed by atoms with van der Waals surface area (Å²) in [5, 5.41) is 0.523. The molecule has 2 aliphatic heterocycles. The van der Waals surface area contributed by atoms with Crippen LogP contribution in [-0.2, 0) is 0 Å². The zero-order valence-corrected chi connectivity index (χ0v) is 19.7. The van der Waals surface area contributed by atoms with Crippen molar-refractivity contribution in [1.82, 2.24) is 14.3 Å². The van der Waals surface area contributed by atoms with Gasteiger partial charge in [-0.2, -0.15) is 4.37 Å². The van der Waals surface area contributed by atoms with Gasteiger partial charge in [0, 0.05) is 71.9 Å². The van der Waals surface area contributed by atoms with E-state index >= 15 is 0 Å². The summed E-state index contributed by atoms with van der Waals surface area (Å²) in [5.41, 5.74) is 6.76. The number of rotatable bonds is 3. The van der Waals surface area contributed by atoms with Crippen molar-refractivity contribution in [3.05, 3.63) is 65.7 Å². The molecule has 1 aromatic heterocycles. The van der Waals surface area contributed by atoms with Gasteiger partial charge in [0.1, 0.15) is 17.9 Å². The number of alkyl halides is 2. The number of nitrogen functional groups attached to an aromatic ring is 1. The number of nitrogens with zero attached hydrogens (tertiary/aromatic N) is 3. The first kappa shape index (κ1) is 26.2. The summed E-state index contributed by atoms with van der Waals surface area (Å²) in [5.74, 6) is -2.43. The van der Waals surface area contributed by atoms with E-state index < -0.39 is 12.0 Å². The van der Waals surface area contributed by atoms with Gasteiger partial charge in [0.15, 0.2) is 5.13 Å². The standard InChI is InChI=1S/C20H20F3NO2S.C2H3N3S.H2O/c21-14-3-1-13(2-4-14)18-12-20(22,23)8-9-24(18)17-7-10-26-19-11-15(27-25)5-6-16(17)19;3-2-4-1-5-6-2;/h1-6,11,17-18,25H,7-10,12H2;1H,(H2,3,4,5);1H2/t17-,18-;;/m1../s1. The Balaban J connectivity index is 0.000000405. The van der Waals surface area contributed by atoms with E-state index in [1.54, 1.807) is 24.3 Å². The molecule has 34 heavy (non-hydrogen) atoms. The Bertz CT molecular complexity index is 1060. The van der Waals surface area contributed by atoms with Crippen molar-refractivity contribution in [3.8, 4) is 5.75 Å². The van der Waals surface area contributed by atoms with Gasteiger partial charge in [-0.1, -0.05) is 18.2 Å². The minimum atomic E-state index is -2.74. The first-order chi connectivity index (χ1) is 15.9. The second kappa shape index (κ2) is 11.4. The largest absolute Gasteiger partial charge is 0.493 e. The number of ether oxygens (including phenoxy) is 1. The molecular formula is C22H25F3N4O3S2. The predicted octanol–water partition coefficient (Wildman–Crippen LogP) is 4.98. The number of aromatic nitrogens is 2. The Morgan fingerprint density at radius 3 is 2.56 bits per heavy atom. The molecule has 0 spiro atoms. The fraction of sp³-hybridized carbons (Fsp3) is 0.364. The first-order valence-corrected chi connectivity index (χ1v) is 11.9. The molecule has 184 valence electrons. The van der Waals surface area contributed by atoms with E-state index in [2.05, 4.69) is 14.3 Å². The molecule has 0 radical (unpaired) electrons. The molecule has 0 unspecified atom stereocenters. The van der Waals surface area contributed by atoms with Crippen LogP contribution in [0.3, 0.4) is 0 Å². The maximum absolute atomic E-state index is 14.2. The van der Waals surface area contributed by atoms with Crippen LogP contribution in [0.15, 0.2) is 53.7 Å². The van der Waals surface area contributed by atoms with Gasteiger partial charge in [0.2, 0.25) is 0 Å². The van der Waals surface area contributed by atoms with Crippen LogP contribution in [0.4, 0.5) is 18.3 Å². The molecule has 2 atom stereocenters. The smallest absolute Gasteiger partial charge is 0.251 e.